The Hall–Kier alpha value is -1.88. The average molecular weight is 557 g/mol. The lowest BCUT2D eigenvalue weighted by molar-refractivity contribution is -0.132. The number of anilines is 1. The van der Waals surface area contributed by atoms with E-state index in [-0.39, 0.29) is 29.9 Å². The van der Waals surface area contributed by atoms with Crippen molar-refractivity contribution >= 4 is 52.3 Å². The predicted molar refractivity (Wildman–Crippen MR) is 139 cm³/mol. The second-order valence-corrected chi connectivity index (χ2v) is 8.41. The zero-order valence-electron chi connectivity index (χ0n) is 18.6. The molecular formula is C22H33IN6OS. The van der Waals surface area contributed by atoms with Crippen LogP contribution >= 0.6 is 35.3 Å². The quantitative estimate of drug-likeness (QED) is 0.226. The van der Waals surface area contributed by atoms with E-state index in [4.69, 9.17) is 0 Å². The van der Waals surface area contributed by atoms with E-state index in [9.17, 15) is 4.79 Å². The Bertz CT molecular complexity index is 869. The largest absolute Gasteiger partial charge is 0.357 e. The molecule has 1 amide bonds. The highest BCUT2D eigenvalue weighted by atomic mass is 127. The van der Waals surface area contributed by atoms with Crippen LogP contribution in [0.3, 0.4) is 0 Å². The minimum absolute atomic E-state index is 0. The molecule has 170 valence electrons. The van der Waals surface area contributed by atoms with Gasteiger partial charge in [0.2, 0.25) is 5.91 Å². The van der Waals surface area contributed by atoms with Gasteiger partial charge in [0.05, 0.1) is 12.2 Å². The van der Waals surface area contributed by atoms with Crippen molar-refractivity contribution in [3.63, 3.8) is 0 Å². The Morgan fingerprint density at radius 3 is 2.74 bits per heavy atom. The highest BCUT2D eigenvalue weighted by Gasteiger charge is 2.19. The van der Waals surface area contributed by atoms with E-state index in [1.807, 2.05) is 42.3 Å². The molecule has 3 rings (SSSR count). The van der Waals surface area contributed by atoms with Crippen molar-refractivity contribution in [2.24, 2.45) is 4.99 Å². The first kappa shape index (κ1) is 25.4. The highest BCUT2D eigenvalue weighted by Crippen LogP contribution is 2.19. The third kappa shape index (κ3) is 7.64. The molecule has 0 fully saturated rings. The van der Waals surface area contributed by atoms with Gasteiger partial charge in [-0.15, -0.1) is 35.3 Å². The number of rotatable bonds is 8. The molecule has 2 aromatic rings. The van der Waals surface area contributed by atoms with E-state index in [0.717, 1.165) is 49.3 Å². The summed E-state index contributed by atoms with van der Waals surface area (Å²) in [6.45, 7) is 5.62. The Morgan fingerprint density at radius 2 is 2.03 bits per heavy atom. The summed E-state index contributed by atoms with van der Waals surface area (Å²) in [7, 11) is 3.98. The molecule has 1 aromatic carbocycles. The van der Waals surface area contributed by atoms with Crippen molar-refractivity contribution in [3.05, 3.63) is 46.5 Å². The van der Waals surface area contributed by atoms with E-state index >= 15 is 0 Å². The third-order valence-corrected chi connectivity index (χ3v) is 6.07. The fourth-order valence-electron chi connectivity index (χ4n) is 3.39. The first-order valence-corrected chi connectivity index (χ1v) is 11.4. The van der Waals surface area contributed by atoms with Crippen LogP contribution in [-0.4, -0.2) is 55.5 Å². The molecule has 1 aromatic heterocycles. The molecule has 0 spiro atoms. The summed E-state index contributed by atoms with van der Waals surface area (Å²) in [6.07, 6.45) is 2.28. The van der Waals surface area contributed by atoms with Crippen LogP contribution in [0.2, 0.25) is 0 Å². The number of aromatic nitrogens is 1. The highest BCUT2D eigenvalue weighted by molar-refractivity contribution is 14.0. The standard InChI is InChI=1S/C22H32N6OS.HI/c1-4-23-21(25-14-19-16-30-22(26-19)27(2)3)24-12-7-10-20(29)28-13-11-17-8-5-6-9-18(17)15-28;/h5-6,8-9,16H,4,7,10-15H2,1-3H3,(H2,23,24,25);1H. The van der Waals surface area contributed by atoms with Crippen LogP contribution < -0.4 is 15.5 Å². The topological polar surface area (TPSA) is 72.9 Å². The normalized spacial score (nSPS) is 13.3. The van der Waals surface area contributed by atoms with Crippen molar-refractivity contribution in [2.45, 2.75) is 39.3 Å². The minimum atomic E-state index is 0. The van der Waals surface area contributed by atoms with Crippen LogP contribution in [0.25, 0.3) is 0 Å². The maximum atomic E-state index is 12.6. The number of thiazole rings is 1. The summed E-state index contributed by atoms with van der Waals surface area (Å²) >= 11 is 1.62. The monoisotopic (exact) mass is 556 g/mol. The van der Waals surface area contributed by atoms with Gasteiger partial charge < -0.3 is 20.4 Å². The van der Waals surface area contributed by atoms with E-state index in [2.05, 4.69) is 38.8 Å². The number of hydrogen-bond donors (Lipinski definition) is 2. The number of fused-ring (bicyclic) bond motifs is 1. The van der Waals surface area contributed by atoms with Crippen molar-refractivity contribution in [1.29, 1.82) is 0 Å². The van der Waals surface area contributed by atoms with Crippen molar-refractivity contribution in [3.8, 4) is 0 Å². The van der Waals surface area contributed by atoms with Crippen LogP contribution in [0.5, 0.6) is 0 Å². The predicted octanol–water partition coefficient (Wildman–Crippen LogP) is 3.25. The number of carbonyl (C=O) groups excluding carboxylic acids is 1. The van der Waals surface area contributed by atoms with Crippen molar-refractivity contribution < 1.29 is 4.79 Å². The molecule has 2 N–H and O–H groups in total. The molecular weight excluding hydrogens is 523 g/mol. The Balaban J connectivity index is 0.00000341. The fourth-order valence-corrected chi connectivity index (χ4v) is 4.14. The number of guanidine groups is 1. The van der Waals surface area contributed by atoms with Crippen molar-refractivity contribution in [1.82, 2.24) is 20.5 Å². The molecule has 9 heteroatoms. The Labute approximate surface area is 206 Å². The molecule has 0 aliphatic carbocycles. The van der Waals surface area contributed by atoms with Gasteiger partial charge in [0, 0.05) is 52.1 Å². The number of nitrogens with one attached hydrogen (secondary N) is 2. The van der Waals surface area contributed by atoms with E-state index in [0.29, 0.717) is 19.5 Å². The van der Waals surface area contributed by atoms with Gasteiger partial charge in [0.15, 0.2) is 11.1 Å². The third-order valence-electron chi connectivity index (χ3n) is 5.01. The van der Waals surface area contributed by atoms with Gasteiger partial charge in [-0.25, -0.2) is 9.98 Å². The molecule has 0 unspecified atom stereocenters. The molecule has 31 heavy (non-hydrogen) atoms. The second-order valence-electron chi connectivity index (χ2n) is 7.58. The summed E-state index contributed by atoms with van der Waals surface area (Å²) in [5.41, 5.74) is 3.60. The van der Waals surface area contributed by atoms with Gasteiger partial charge in [-0.2, -0.15) is 0 Å². The number of benzene rings is 1. The molecule has 0 atom stereocenters. The number of carbonyl (C=O) groups is 1. The summed E-state index contributed by atoms with van der Waals surface area (Å²) in [5, 5.41) is 9.60. The molecule has 7 nitrogen and oxygen atoms in total. The first-order valence-electron chi connectivity index (χ1n) is 10.5. The molecule has 0 radical (unpaired) electrons. The molecule has 0 saturated heterocycles. The zero-order valence-corrected chi connectivity index (χ0v) is 21.7. The maximum absolute atomic E-state index is 12.6. The van der Waals surface area contributed by atoms with E-state index in [1.54, 1.807) is 11.3 Å². The van der Waals surface area contributed by atoms with Gasteiger partial charge >= 0.3 is 0 Å². The fraction of sp³-hybridized carbons (Fsp3) is 0.500. The molecule has 0 saturated carbocycles. The molecule has 1 aliphatic heterocycles. The lowest BCUT2D eigenvalue weighted by atomic mass is 9.99. The van der Waals surface area contributed by atoms with Gasteiger partial charge in [0.1, 0.15) is 0 Å². The second kappa shape index (κ2) is 12.8. The van der Waals surface area contributed by atoms with Crippen LogP contribution in [0.15, 0.2) is 34.6 Å². The SMILES string of the molecule is CCNC(=NCc1csc(N(C)C)n1)NCCCC(=O)N1CCc2ccccc2C1.I. The van der Waals surface area contributed by atoms with Gasteiger partial charge in [-0.3, -0.25) is 4.79 Å². The summed E-state index contributed by atoms with van der Waals surface area (Å²) < 4.78 is 0. The maximum Gasteiger partial charge on any atom is 0.222 e. The average Bonchev–Trinajstić information content (AvgIpc) is 3.24. The summed E-state index contributed by atoms with van der Waals surface area (Å²) in [6, 6.07) is 8.40. The molecule has 1 aliphatic rings. The van der Waals surface area contributed by atoms with Gasteiger partial charge in [0.25, 0.3) is 0 Å². The van der Waals surface area contributed by atoms with Crippen LogP contribution in [0, 0.1) is 0 Å². The van der Waals surface area contributed by atoms with E-state index in [1.165, 1.54) is 11.1 Å². The number of aliphatic imine (C=N–C) groups is 1. The molecule has 2 heterocycles. The van der Waals surface area contributed by atoms with E-state index < -0.39 is 0 Å². The minimum Gasteiger partial charge on any atom is -0.357 e. The number of nitrogens with zero attached hydrogens (tertiary/aromatic N) is 4. The van der Waals surface area contributed by atoms with Crippen molar-refractivity contribution in [2.75, 3.05) is 38.6 Å². The summed E-state index contributed by atoms with van der Waals surface area (Å²) in [5.74, 6) is 0.989. The lowest BCUT2D eigenvalue weighted by Gasteiger charge is -2.29. The van der Waals surface area contributed by atoms with Gasteiger partial charge in [-0.1, -0.05) is 24.3 Å². The first-order chi connectivity index (χ1) is 14.6. The number of amides is 1. The lowest BCUT2D eigenvalue weighted by Crippen LogP contribution is -2.39. The number of halogens is 1. The number of hydrogen-bond acceptors (Lipinski definition) is 5. The summed E-state index contributed by atoms with van der Waals surface area (Å²) in [4.78, 5) is 25.7. The Kier molecular flexibility index (Phi) is 10.5. The van der Waals surface area contributed by atoms with Crippen LogP contribution in [-0.2, 0) is 24.3 Å². The molecule has 0 bridgehead atoms. The van der Waals surface area contributed by atoms with Gasteiger partial charge in [-0.05, 0) is 30.9 Å². The van der Waals surface area contributed by atoms with Crippen LogP contribution in [0.1, 0.15) is 36.6 Å². The Morgan fingerprint density at radius 1 is 1.26 bits per heavy atom. The smallest absolute Gasteiger partial charge is 0.222 e. The zero-order chi connectivity index (χ0) is 21.3. The van der Waals surface area contributed by atoms with Crippen LogP contribution in [0.4, 0.5) is 5.13 Å².